The van der Waals surface area contributed by atoms with Gasteiger partial charge < -0.3 is 21.1 Å². The van der Waals surface area contributed by atoms with Gasteiger partial charge >= 0.3 is 6.03 Å². The molecule has 1 unspecified atom stereocenters. The van der Waals surface area contributed by atoms with Crippen molar-refractivity contribution in [2.24, 2.45) is 5.73 Å². The number of carbonyl (C=O) groups excluding carboxylic acids is 2. The van der Waals surface area contributed by atoms with Gasteiger partial charge in [-0.2, -0.15) is 0 Å². The van der Waals surface area contributed by atoms with Gasteiger partial charge in [-0.25, -0.2) is 9.18 Å². The molecule has 4 N–H and O–H groups in total. The van der Waals surface area contributed by atoms with Gasteiger partial charge in [0.2, 0.25) is 5.91 Å². The zero-order chi connectivity index (χ0) is 21.1. The monoisotopic (exact) mass is 405 g/mol. The summed E-state index contributed by atoms with van der Waals surface area (Å²) in [5.74, 6) is -0.577. The number of urea groups is 1. The van der Waals surface area contributed by atoms with Crippen LogP contribution in [-0.4, -0.2) is 18.5 Å². The van der Waals surface area contributed by atoms with Gasteiger partial charge in [-0.3, -0.25) is 4.79 Å². The topological polar surface area (TPSA) is 93.5 Å². The van der Waals surface area contributed by atoms with Gasteiger partial charge in [-0.1, -0.05) is 36.4 Å². The standard InChI is InChI=1S/C23H20FN3O3/c24-19-7-2-1-6-18(19)21(22(25)28)27-23(29)26-17-5-3-4-14(13-17)15-8-9-20-16(12-15)10-11-30-20/h1-9,12-13,21H,10-11H2,(H2,25,28)(H2,26,27,29). The van der Waals surface area contributed by atoms with Gasteiger partial charge in [-0.05, 0) is 47.0 Å². The molecule has 0 aromatic heterocycles. The number of amides is 3. The molecule has 0 fully saturated rings. The molecule has 0 spiro atoms. The second kappa shape index (κ2) is 8.24. The average Bonchev–Trinajstić information content (AvgIpc) is 3.20. The Hall–Kier alpha value is -3.87. The molecule has 0 radical (unpaired) electrons. The maximum absolute atomic E-state index is 14.0. The maximum Gasteiger partial charge on any atom is 0.320 e. The van der Waals surface area contributed by atoms with E-state index in [2.05, 4.69) is 16.7 Å². The number of ether oxygens (including phenoxy) is 1. The van der Waals surface area contributed by atoms with E-state index in [0.717, 1.165) is 28.9 Å². The van der Waals surface area contributed by atoms with Gasteiger partial charge in [0, 0.05) is 17.7 Å². The lowest BCUT2D eigenvalue weighted by Crippen LogP contribution is -2.40. The minimum absolute atomic E-state index is 0.00857. The number of carbonyl (C=O) groups is 2. The number of primary amides is 1. The summed E-state index contributed by atoms with van der Waals surface area (Å²) in [4.78, 5) is 24.2. The molecule has 3 amide bonds. The van der Waals surface area contributed by atoms with E-state index >= 15 is 0 Å². The van der Waals surface area contributed by atoms with Gasteiger partial charge in [0.1, 0.15) is 17.6 Å². The molecule has 1 heterocycles. The van der Waals surface area contributed by atoms with Crippen molar-refractivity contribution in [1.29, 1.82) is 0 Å². The highest BCUT2D eigenvalue weighted by Crippen LogP contribution is 2.31. The van der Waals surface area contributed by atoms with E-state index in [4.69, 9.17) is 10.5 Å². The van der Waals surface area contributed by atoms with Crippen molar-refractivity contribution in [2.75, 3.05) is 11.9 Å². The Bertz CT molecular complexity index is 1120. The van der Waals surface area contributed by atoms with Crippen LogP contribution in [0.25, 0.3) is 11.1 Å². The summed E-state index contributed by atoms with van der Waals surface area (Å²) in [7, 11) is 0. The Kier molecular flexibility index (Phi) is 5.34. The molecule has 1 aliphatic heterocycles. The Morgan fingerprint density at radius 1 is 1.00 bits per heavy atom. The normalized spacial score (nSPS) is 13.1. The summed E-state index contributed by atoms with van der Waals surface area (Å²) in [6.07, 6.45) is 0.869. The first-order valence-corrected chi connectivity index (χ1v) is 9.49. The minimum Gasteiger partial charge on any atom is -0.493 e. The van der Waals surface area contributed by atoms with Gasteiger partial charge in [-0.15, -0.1) is 0 Å². The Balaban J connectivity index is 1.50. The molecular formula is C23H20FN3O3. The number of nitrogens with two attached hydrogens (primary N) is 1. The van der Waals surface area contributed by atoms with Gasteiger partial charge in [0.25, 0.3) is 0 Å². The molecule has 1 aliphatic rings. The summed E-state index contributed by atoms with van der Waals surface area (Å²) in [5.41, 5.74) is 8.98. The smallest absolute Gasteiger partial charge is 0.320 e. The van der Waals surface area contributed by atoms with Crippen LogP contribution in [0.1, 0.15) is 17.2 Å². The highest BCUT2D eigenvalue weighted by Gasteiger charge is 2.23. The number of nitrogens with one attached hydrogen (secondary N) is 2. The van der Waals surface area contributed by atoms with E-state index in [1.807, 2.05) is 30.3 Å². The van der Waals surface area contributed by atoms with Crippen molar-refractivity contribution in [3.8, 4) is 16.9 Å². The van der Waals surface area contributed by atoms with Gasteiger partial charge in [0.15, 0.2) is 0 Å². The van der Waals surface area contributed by atoms with Crippen molar-refractivity contribution in [1.82, 2.24) is 5.32 Å². The summed E-state index contributed by atoms with van der Waals surface area (Å²) in [6, 6.07) is 17.0. The maximum atomic E-state index is 14.0. The molecule has 0 saturated heterocycles. The lowest BCUT2D eigenvalue weighted by molar-refractivity contribution is -0.119. The quantitative estimate of drug-likeness (QED) is 0.603. The molecule has 3 aromatic rings. The average molecular weight is 405 g/mol. The van der Waals surface area contributed by atoms with Crippen LogP contribution in [0.3, 0.4) is 0 Å². The third-order valence-electron chi connectivity index (χ3n) is 4.92. The van der Waals surface area contributed by atoms with E-state index in [1.165, 1.54) is 18.2 Å². The minimum atomic E-state index is -1.29. The summed E-state index contributed by atoms with van der Waals surface area (Å²) < 4.78 is 19.6. The fourth-order valence-electron chi connectivity index (χ4n) is 3.45. The molecule has 152 valence electrons. The van der Waals surface area contributed by atoms with Crippen molar-refractivity contribution in [3.63, 3.8) is 0 Å². The first-order valence-electron chi connectivity index (χ1n) is 9.49. The summed E-state index contributed by atoms with van der Waals surface area (Å²) in [6.45, 7) is 0.684. The van der Waals surface area contributed by atoms with E-state index in [1.54, 1.807) is 12.1 Å². The number of benzene rings is 3. The van der Waals surface area contributed by atoms with Crippen LogP contribution in [0.4, 0.5) is 14.9 Å². The van der Waals surface area contributed by atoms with Crippen molar-refractivity contribution in [3.05, 3.63) is 83.7 Å². The number of rotatable bonds is 5. The fraction of sp³-hybridized carbons (Fsp3) is 0.130. The second-order valence-electron chi connectivity index (χ2n) is 6.96. The molecule has 0 saturated carbocycles. The Morgan fingerprint density at radius 2 is 1.80 bits per heavy atom. The van der Waals surface area contributed by atoms with Crippen LogP contribution >= 0.6 is 0 Å². The zero-order valence-corrected chi connectivity index (χ0v) is 16.0. The highest BCUT2D eigenvalue weighted by atomic mass is 19.1. The van der Waals surface area contributed by atoms with E-state index in [0.29, 0.717) is 12.3 Å². The van der Waals surface area contributed by atoms with E-state index < -0.39 is 23.8 Å². The first-order chi connectivity index (χ1) is 14.5. The van der Waals surface area contributed by atoms with Crippen LogP contribution in [-0.2, 0) is 11.2 Å². The van der Waals surface area contributed by atoms with E-state index in [-0.39, 0.29) is 5.56 Å². The molecule has 30 heavy (non-hydrogen) atoms. The largest absolute Gasteiger partial charge is 0.493 e. The second-order valence-corrected chi connectivity index (χ2v) is 6.96. The van der Waals surface area contributed by atoms with Crippen LogP contribution < -0.4 is 21.1 Å². The number of hydrogen-bond acceptors (Lipinski definition) is 3. The number of halogens is 1. The lowest BCUT2D eigenvalue weighted by Gasteiger charge is -2.17. The van der Waals surface area contributed by atoms with Gasteiger partial charge in [0.05, 0.1) is 6.61 Å². The Labute approximate surface area is 172 Å². The molecule has 0 bridgehead atoms. The molecule has 3 aromatic carbocycles. The van der Waals surface area contributed by atoms with Crippen LogP contribution in [0.2, 0.25) is 0 Å². The third-order valence-corrected chi connectivity index (χ3v) is 4.92. The molecule has 0 aliphatic carbocycles. The zero-order valence-electron chi connectivity index (χ0n) is 16.0. The predicted octanol–water partition coefficient (Wildman–Crippen LogP) is 3.78. The van der Waals surface area contributed by atoms with E-state index in [9.17, 15) is 14.0 Å². The summed E-state index contributed by atoms with van der Waals surface area (Å²) >= 11 is 0. The molecule has 7 heteroatoms. The first kappa shape index (κ1) is 19.4. The highest BCUT2D eigenvalue weighted by molar-refractivity contribution is 5.94. The van der Waals surface area contributed by atoms with Crippen LogP contribution in [0.15, 0.2) is 66.7 Å². The Morgan fingerprint density at radius 3 is 2.60 bits per heavy atom. The fourth-order valence-corrected chi connectivity index (χ4v) is 3.45. The van der Waals surface area contributed by atoms with Crippen LogP contribution in [0, 0.1) is 5.82 Å². The SMILES string of the molecule is NC(=O)C(NC(=O)Nc1cccc(-c2ccc3c(c2)CCO3)c1)c1ccccc1F. The van der Waals surface area contributed by atoms with Crippen molar-refractivity contribution < 1.29 is 18.7 Å². The molecule has 1 atom stereocenters. The predicted molar refractivity (Wildman–Crippen MR) is 112 cm³/mol. The number of hydrogen-bond donors (Lipinski definition) is 3. The molecule has 6 nitrogen and oxygen atoms in total. The third kappa shape index (κ3) is 4.10. The van der Waals surface area contributed by atoms with Crippen molar-refractivity contribution in [2.45, 2.75) is 12.5 Å². The lowest BCUT2D eigenvalue weighted by atomic mass is 10.0. The number of anilines is 1. The summed E-state index contributed by atoms with van der Waals surface area (Å²) in [5, 5.41) is 5.11. The molecule has 4 rings (SSSR count). The van der Waals surface area contributed by atoms with Crippen LogP contribution in [0.5, 0.6) is 5.75 Å². The van der Waals surface area contributed by atoms with Crippen molar-refractivity contribution >= 4 is 17.6 Å². The number of fused-ring (bicyclic) bond motifs is 1. The molecular weight excluding hydrogens is 385 g/mol.